The molecule has 114 valence electrons. The number of amides is 2. The van der Waals surface area contributed by atoms with Crippen molar-refractivity contribution in [1.82, 2.24) is 9.80 Å². The van der Waals surface area contributed by atoms with Crippen molar-refractivity contribution in [1.29, 1.82) is 0 Å². The normalized spacial score (nSPS) is 30.1. The van der Waals surface area contributed by atoms with E-state index in [9.17, 15) is 14.7 Å². The molecule has 0 aromatic rings. The number of aliphatic carboxylic acids is 1. The van der Waals surface area contributed by atoms with Gasteiger partial charge in [0.2, 0.25) is 0 Å². The van der Waals surface area contributed by atoms with Gasteiger partial charge in [-0.25, -0.2) is 4.79 Å². The molecule has 2 atom stereocenters. The summed E-state index contributed by atoms with van der Waals surface area (Å²) >= 11 is 0. The molecule has 0 bridgehead atoms. The highest BCUT2D eigenvalue weighted by Gasteiger charge is 2.39. The zero-order valence-corrected chi connectivity index (χ0v) is 12.8. The van der Waals surface area contributed by atoms with E-state index in [4.69, 9.17) is 0 Å². The molecule has 20 heavy (non-hydrogen) atoms. The molecule has 2 saturated heterocycles. The number of carboxylic acids is 1. The first-order valence-electron chi connectivity index (χ1n) is 7.61. The highest BCUT2D eigenvalue weighted by atomic mass is 16.4. The van der Waals surface area contributed by atoms with Gasteiger partial charge in [0.15, 0.2) is 0 Å². The van der Waals surface area contributed by atoms with Gasteiger partial charge in [0.05, 0.1) is 5.41 Å². The van der Waals surface area contributed by atoms with Crippen LogP contribution >= 0.6 is 0 Å². The van der Waals surface area contributed by atoms with Gasteiger partial charge in [-0.1, -0.05) is 13.8 Å². The number of hydrogen-bond acceptors (Lipinski definition) is 2. The third-order valence-corrected chi connectivity index (χ3v) is 5.26. The number of rotatable bonds is 1. The van der Waals surface area contributed by atoms with Crippen molar-refractivity contribution < 1.29 is 14.7 Å². The van der Waals surface area contributed by atoms with E-state index in [1.165, 1.54) is 0 Å². The minimum atomic E-state index is -0.745. The molecule has 2 fully saturated rings. The van der Waals surface area contributed by atoms with Gasteiger partial charge in [0.25, 0.3) is 0 Å². The molecule has 5 heteroatoms. The van der Waals surface area contributed by atoms with Gasteiger partial charge in [0.1, 0.15) is 0 Å². The minimum Gasteiger partial charge on any atom is -0.481 e. The number of piperidine rings is 2. The van der Waals surface area contributed by atoms with Crippen LogP contribution in [-0.2, 0) is 4.79 Å². The average Bonchev–Trinajstić information content (AvgIpc) is 2.42. The topological polar surface area (TPSA) is 60.9 Å². The van der Waals surface area contributed by atoms with Crippen molar-refractivity contribution in [3.8, 4) is 0 Å². The first-order valence-corrected chi connectivity index (χ1v) is 7.61. The molecule has 0 saturated carbocycles. The molecular weight excluding hydrogens is 256 g/mol. The number of hydrogen-bond donors (Lipinski definition) is 1. The highest BCUT2D eigenvalue weighted by molar-refractivity contribution is 5.77. The molecule has 0 aromatic carbocycles. The molecule has 2 aliphatic rings. The summed E-state index contributed by atoms with van der Waals surface area (Å²) in [5.74, 6) is 0.475. The Hall–Kier alpha value is -1.26. The lowest BCUT2D eigenvalue weighted by Gasteiger charge is -2.41. The molecule has 2 unspecified atom stereocenters. The van der Waals surface area contributed by atoms with Gasteiger partial charge in [0, 0.05) is 26.2 Å². The van der Waals surface area contributed by atoms with Crippen LogP contribution in [0.3, 0.4) is 0 Å². The Balaban J connectivity index is 1.91. The van der Waals surface area contributed by atoms with Crippen LogP contribution in [0.25, 0.3) is 0 Å². The third-order valence-electron chi connectivity index (χ3n) is 5.26. The van der Waals surface area contributed by atoms with E-state index in [1.807, 2.05) is 9.80 Å². The van der Waals surface area contributed by atoms with Gasteiger partial charge in [-0.2, -0.15) is 0 Å². The van der Waals surface area contributed by atoms with Gasteiger partial charge in [-0.05, 0) is 38.0 Å². The zero-order chi connectivity index (χ0) is 14.9. The Morgan fingerprint density at radius 1 is 1.05 bits per heavy atom. The van der Waals surface area contributed by atoms with Crippen LogP contribution in [0.4, 0.5) is 4.79 Å². The Labute approximate surface area is 120 Å². The minimum absolute atomic E-state index is 0.0937. The van der Waals surface area contributed by atoms with Crippen LogP contribution in [0, 0.1) is 17.3 Å². The lowest BCUT2D eigenvalue weighted by Crippen LogP contribution is -2.52. The summed E-state index contributed by atoms with van der Waals surface area (Å²) in [6.07, 6.45) is 2.16. The Morgan fingerprint density at radius 3 is 2.15 bits per heavy atom. The maximum Gasteiger partial charge on any atom is 0.320 e. The number of likely N-dealkylation sites (tertiary alicyclic amines) is 2. The smallest absolute Gasteiger partial charge is 0.320 e. The summed E-state index contributed by atoms with van der Waals surface area (Å²) < 4.78 is 0. The van der Waals surface area contributed by atoms with Crippen molar-refractivity contribution in [2.45, 2.75) is 40.0 Å². The van der Waals surface area contributed by atoms with Crippen LogP contribution in [0.15, 0.2) is 0 Å². The molecule has 0 spiro atoms. The van der Waals surface area contributed by atoms with E-state index in [0.717, 1.165) is 19.5 Å². The molecule has 2 amide bonds. The van der Waals surface area contributed by atoms with Crippen molar-refractivity contribution in [3.63, 3.8) is 0 Å². The van der Waals surface area contributed by atoms with E-state index in [-0.39, 0.29) is 6.03 Å². The van der Waals surface area contributed by atoms with Crippen molar-refractivity contribution >= 4 is 12.0 Å². The first-order chi connectivity index (χ1) is 9.33. The fourth-order valence-electron chi connectivity index (χ4n) is 3.04. The molecule has 1 N–H and O–H groups in total. The number of urea groups is 1. The summed E-state index contributed by atoms with van der Waals surface area (Å²) in [5.41, 5.74) is -0.666. The summed E-state index contributed by atoms with van der Waals surface area (Å²) in [5, 5.41) is 9.22. The molecule has 0 aliphatic carbocycles. The fourth-order valence-corrected chi connectivity index (χ4v) is 3.04. The van der Waals surface area contributed by atoms with Crippen molar-refractivity contribution in [2.75, 3.05) is 26.2 Å². The quantitative estimate of drug-likeness (QED) is 0.802. The standard InChI is InChI=1S/C15H26N2O3/c1-11-4-7-17(10-12(11)2)14(20)16-8-5-15(3,6-9-16)13(18)19/h11-12H,4-10H2,1-3H3,(H,18,19). The Morgan fingerprint density at radius 2 is 1.65 bits per heavy atom. The predicted molar refractivity (Wildman–Crippen MR) is 76.5 cm³/mol. The van der Waals surface area contributed by atoms with E-state index in [1.54, 1.807) is 6.92 Å². The summed E-state index contributed by atoms with van der Waals surface area (Å²) in [7, 11) is 0. The molecule has 0 radical (unpaired) electrons. The molecular formula is C15H26N2O3. The van der Waals surface area contributed by atoms with Crippen LogP contribution in [0.1, 0.15) is 40.0 Å². The monoisotopic (exact) mass is 282 g/mol. The van der Waals surface area contributed by atoms with Crippen LogP contribution in [-0.4, -0.2) is 53.1 Å². The summed E-state index contributed by atoms with van der Waals surface area (Å²) in [6, 6.07) is 0.0937. The number of carbonyl (C=O) groups excluding carboxylic acids is 1. The van der Waals surface area contributed by atoms with E-state index in [2.05, 4.69) is 13.8 Å². The molecule has 0 aromatic heterocycles. The van der Waals surface area contributed by atoms with Crippen molar-refractivity contribution in [2.24, 2.45) is 17.3 Å². The van der Waals surface area contributed by atoms with Gasteiger partial charge < -0.3 is 14.9 Å². The maximum absolute atomic E-state index is 12.5. The molecule has 5 nitrogen and oxygen atoms in total. The average molecular weight is 282 g/mol. The number of carboxylic acid groups (broad SMARTS) is 1. The van der Waals surface area contributed by atoms with E-state index < -0.39 is 11.4 Å². The van der Waals surface area contributed by atoms with Gasteiger partial charge >= 0.3 is 12.0 Å². The lowest BCUT2D eigenvalue weighted by molar-refractivity contribution is -0.150. The Bertz CT molecular complexity index is 389. The summed E-state index contributed by atoms with van der Waals surface area (Å²) in [6.45, 7) is 8.99. The Kier molecular flexibility index (Phi) is 4.25. The zero-order valence-electron chi connectivity index (χ0n) is 12.8. The first kappa shape index (κ1) is 15.1. The van der Waals surface area contributed by atoms with Gasteiger partial charge in [-0.3, -0.25) is 4.79 Å². The number of carbonyl (C=O) groups is 2. The van der Waals surface area contributed by atoms with Crippen LogP contribution in [0.2, 0.25) is 0 Å². The summed E-state index contributed by atoms with van der Waals surface area (Å²) in [4.78, 5) is 27.5. The second-order valence-corrected chi connectivity index (χ2v) is 6.82. The largest absolute Gasteiger partial charge is 0.481 e. The van der Waals surface area contributed by atoms with Crippen LogP contribution in [0.5, 0.6) is 0 Å². The molecule has 2 rings (SSSR count). The molecule has 2 heterocycles. The van der Waals surface area contributed by atoms with Crippen molar-refractivity contribution in [3.05, 3.63) is 0 Å². The molecule has 2 aliphatic heterocycles. The predicted octanol–water partition coefficient (Wildman–Crippen LogP) is 2.27. The second kappa shape index (κ2) is 5.62. The number of nitrogens with zero attached hydrogens (tertiary/aromatic N) is 2. The highest BCUT2D eigenvalue weighted by Crippen LogP contribution is 2.32. The fraction of sp³-hybridized carbons (Fsp3) is 0.867. The van der Waals surface area contributed by atoms with E-state index in [0.29, 0.717) is 37.8 Å². The SMILES string of the molecule is CC1CCN(C(=O)N2CCC(C)(C(=O)O)CC2)CC1C. The van der Waals surface area contributed by atoms with Crippen LogP contribution < -0.4 is 0 Å². The second-order valence-electron chi connectivity index (χ2n) is 6.82. The lowest BCUT2D eigenvalue weighted by atomic mass is 9.80. The maximum atomic E-state index is 12.5. The van der Waals surface area contributed by atoms with Gasteiger partial charge in [-0.15, -0.1) is 0 Å². The third kappa shape index (κ3) is 2.91. The van der Waals surface area contributed by atoms with E-state index >= 15 is 0 Å².